The van der Waals surface area contributed by atoms with Gasteiger partial charge in [0.15, 0.2) is 11.5 Å². The summed E-state index contributed by atoms with van der Waals surface area (Å²) in [6.07, 6.45) is 1.84. The molecule has 2 N–H and O–H groups in total. The van der Waals surface area contributed by atoms with E-state index < -0.39 is 0 Å². The summed E-state index contributed by atoms with van der Waals surface area (Å²) in [5.41, 5.74) is 3.62. The van der Waals surface area contributed by atoms with Crippen molar-refractivity contribution in [1.29, 1.82) is 0 Å². The number of hydrogen-bond acceptors (Lipinski definition) is 3. The summed E-state index contributed by atoms with van der Waals surface area (Å²) in [7, 11) is 6.04. The molecule has 0 amide bonds. The Morgan fingerprint density at radius 3 is 2.48 bits per heavy atom. The molecule has 0 aliphatic carbocycles. The van der Waals surface area contributed by atoms with Crippen molar-refractivity contribution >= 4 is 0 Å². The average Bonchev–Trinajstić information content (AvgIpc) is 2.52. The van der Waals surface area contributed by atoms with E-state index in [1.807, 2.05) is 24.3 Å². The highest BCUT2D eigenvalue weighted by atomic mass is 16.5. The van der Waals surface area contributed by atoms with Crippen molar-refractivity contribution in [3.63, 3.8) is 0 Å². The number of fused-ring (bicyclic) bond motifs is 1. The number of phenolic OH excluding ortho intramolecular Hbond substituents is 2. The van der Waals surface area contributed by atoms with Crippen molar-refractivity contribution in [2.24, 2.45) is 0 Å². The summed E-state index contributed by atoms with van der Waals surface area (Å²) in [5.74, 6) is 1.03. The predicted octanol–water partition coefficient (Wildman–Crippen LogP) is 3.02. The molecular weight excluding hydrogens is 290 g/mol. The summed E-state index contributed by atoms with van der Waals surface area (Å²) >= 11 is 0. The predicted molar refractivity (Wildman–Crippen MR) is 89.9 cm³/mol. The Morgan fingerprint density at radius 1 is 1.13 bits per heavy atom. The summed E-state index contributed by atoms with van der Waals surface area (Å²) in [6, 6.07) is 11.5. The van der Waals surface area contributed by atoms with Crippen LogP contribution in [0.3, 0.4) is 0 Å². The monoisotopic (exact) mass is 314 g/mol. The molecule has 0 fully saturated rings. The lowest BCUT2D eigenvalue weighted by atomic mass is 9.87. The molecule has 0 saturated carbocycles. The van der Waals surface area contributed by atoms with Crippen molar-refractivity contribution in [1.82, 2.24) is 0 Å². The van der Waals surface area contributed by atoms with Gasteiger partial charge in [-0.3, -0.25) is 0 Å². The largest absolute Gasteiger partial charge is 0.508 e. The first-order valence-corrected chi connectivity index (χ1v) is 7.91. The zero-order chi connectivity index (χ0) is 16.6. The van der Waals surface area contributed by atoms with Crippen LogP contribution in [0.1, 0.15) is 22.7 Å². The molecule has 4 heteroatoms. The molecule has 2 aromatic carbocycles. The fraction of sp³-hybridized carbons (Fsp3) is 0.368. The van der Waals surface area contributed by atoms with Crippen molar-refractivity contribution in [2.45, 2.75) is 18.9 Å². The van der Waals surface area contributed by atoms with E-state index in [1.165, 1.54) is 16.7 Å². The number of methoxy groups -OCH3 is 1. The lowest BCUT2D eigenvalue weighted by Crippen LogP contribution is -2.48. The molecule has 0 unspecified atom stereocenters. The Labute approximate surface area is 137 Å². The molecule has 0 saturated heterocycles. The molecule has 0 aromatic heterocycles. The SMILES string of the molecule is COc1cc2c(cc1O)[C@@H](Cc1ccc(O)cc1)[N+](C)(C)CC2. The van der Waals surface area contributed by atoms with Crippen LogP contribution < -0.4 is 4.74 Å². The third-order valence-electron chi connectivity index (χ3n) is 4.97. The molecule has 0 spiro atoms. The standard InChI is InChI=1S/C19H23NO3/c1-20(2)9-8-14-11-19(23-3)18(22)12-16(14)17(20)10-13-4-6-15(21)7-5-13/h4-7,11-12,17H,8-10H2,1-3H3,(H-,21,22)/p+1/t17-/m1/s1. The van der Waals surface area contributed by atoms with E-state index in [0.717, 1.165) is 23.9 Å². The fourth-order valence-electron chi connectivity index (χ4n) is 3.47. The first-order valence-electron chi connectivity index (χ1n) is 7.91. The first-order chi connectivity index (χ1) is 10.9. The van der Waals surface area contributed by atoms with E-state index in [-0.39, 0.29) is 17.5 Å². The minimum Gasteiger partial charge on any atom is -0.508 e. The van der Waals surface area contributed by atoms with Gasteiger partial charge in [-0.05, 0) is 35.4 Å². The van der Waals surface area contributed by atoms with Crippen LogP contribution in [-0.2, 0) is 12.8 Å². The molecule has 1 atom stereocenters. The van der Waals surface area contributed by atoms with Crippen molar-refractivity contribution < 1.29 is 19.4 Å². The number of hydrogen-bond donors (Lipinski definition) is 2. The van der Waals surface area contributed by atoms with Gasteiger partial charge in [-0.2, -0.15) is 0 Å². The zero-order valence-electron chi connectivity index (χ0n) is 13.9. The molecule has 0 radical (unpaired) electrons. The van der Waals surface area contributed by atoms with Gasteiger partial charge in [-0.25, -0.2) is 0 Å². The summed E-state index contributed by atoms with van der Waals surface area (Å²) < 4.78 is 6.12. The van der Waals surface area contributed by atoms with E-state index in [9.17, 15) is 10.2 Å². The maximum absolute atomic E-state index is 10.2. The summed E-state index contributed by atoms with van der Waals surface area (Å²) in [6.45, 7) is 1.05. The average molecular weight is 314 g/mol. The van der Waals surface area contributed by atoms with Crippen LogP contribution in [0.4, 0.5) is 0 Å². The molecule has 1 heterocycles. The lowest BCUT2D eigenvalue weighted by molar-refractivity contribution is -0.923. The highest BCUT2D eigenvalue weighted by Crippen LogP contribution is 2.41. The van der Waals surface area contributed by atoms with Crippen molar-refractivity contribution in [3.8, 4) is 17.2 Å². The Kier molecular flexibility index (Phi) is 3.94. The minimum atomic E-state index is 0.198. The fourth-order valence-corrected chi connectivity index (χ4v) is 3.47. The number of quaternary nitrogens is 1. The number of nitrogens with zero attached hydrogens (tertiary/aromatic N) is 1. The highest BCUT2D eigenvalue weighted by molar-refractivity contribution is 5.48. The van der Waals surface area contributed by atoms with Gasteiger partial charge in [0, 0.05) is 18.4 Å². The third-order valence-corrected chi connectivity index (χ3v) is 4.97. The van der Waals surface area contributed by atoms with Crippen LogP contribution in [0.5, 0.6) is 17.2 Å². The van der Waals surface area contributed by atoms with Gasteiger partial charge in [0.25, 0.3) is 0 Å². The third kappa shape index (κ3) is 2.99. The van der Waals surface area contributed by atoms with Crippen LogP contribution in [-0.4, -0.2) is 42.4 Å². The summed E-state index contributed by atoms with van der Waals surface area (Å²) in [4.78, 5) is 0. The Hall–Kier alpha value is -2.20. The topological polar surface area (TPSA) is 49.7 Å². The molecule has 23 heavy (non-hydrogen) atoms. The highest BCUT2D eigenvalue weighted by Gasteiger charge is 2.36. The molecule has 3 rings (SSSR count). The first kappa shape index (κ1) is 15.7. The van der Waals surface area contributed by atoms with E-state index >= 15 is 0 Å². The number of benzene rings is 2. The van der Waals surface area contributed by atoms with E-state index in [4.69, 9.17) is 4.74 Å². The van der Waals surface area contributed by atoms with Crippen LogP contribution >= 0.6 is 0 Å². The molecule has 1 aliphatic heterocycles. The Morgan fingerprint density at radius 2 is 1.83 bits per heavy atom. The van der Waals surface area contributed by atoms with E-state index in [0.29, 0.717) is 5.75 Å². The second kappa shape index (κ2) is 5.78. The second-order valence-electron chi connectivity index (χ2n) is 6.86. The number of ether oxygens (including phenoxy) is 1. The number of phenols is 2. The smallest absolute Gasteiger partial charge is 0.160 e. The lowest BCUT2D eigenvalue weighted by Gasteiger charge is -2.43. The van der Waals surface area contributed by atoms with Crippen LogP contribution in [0.15, 0.2) is 36.4 Å². The zero-order valence-corrected chi connectivity index (χ0v) is 13.9. The molecule has 122 valence electrons. The van der Waals surface area contributed by atoms with Gasteiger partial charge in [0.05, 0.1) is 27.7 Å². The van der Waals surface area contributed by atoms with Gasteiger partial charge < -0.3 is 19.4 Å². The van der Waals surface area contributed by atoms with Gasteiger partial charge in [-0.15, -0.1) is 0 Å². The quantitative estimate of drug-likeness (QED) is 0.856. The van der Waals surface area contributed by atoms with Gasteiger partial charge in [-0.1, -0.05) is 12.1 Å². The molecule has 4 nitrogen and oxygen atoms in total. The van der Waals surface area contributed by atoms with Crippen LogP contribution in [0, 0.1) is 0 Å². The molecule has 0 bridgehead atoms. The second-order valence-corrected chi connectivity index (χ2v) is 6.86. The van der Waals surface area contributed by atoms with E-state index in [1.54, 1.807) is 19.2 Å². The number of rotatable bonds is 3. The van der Waals surface area contributed by atoms with Crippen molar-refractivity contribution in [2.75, 3.05) is 27.7 Å². The van der Waals surface area contributed by atoms with Gasteiger partial charge in [0.2, 0.25) is 0 Å². The molecule has 1 aliphatic rings. The Bertz CT molecular complexity index is 707. The Balaban J connectivity index is 2.01. The maximum atomic E-state index is 10.2. The molecular formula is C19H24NO3+. The minimum absolute atomic E-state index is 0.198. The van der Waals surface area contributed by atoms with Crippen LogP contribution in [0.25, 0.3) is 0 Å². The van der Waals surface area contributed by atoms with Crippen LogP contribution in [0.2, 0.25) is 0 Å². The number of aromatic hydroxyl groups is 2. The normalized spacial score (nSPS) is 19.2. The number of likely N-dealkylation sites (N-methyl/N-ethyl adjacent to an activating group) is 1. The summed E-state index contributed by atoms with van der Waals surface area (Å²) in [5, 5.41) is 19.7. The van der Waals surface area contributed by atoms with Gasteiger partial charge in [0.1, 0.15) is 11.8 Å². The van der Waals surface area contributed by atoms with E-state index in [2.05, 4.69) is 14.1 Å². The molecule has 2 aromatic rings. The van der Waals surface area contributed by atoms with Crippen molar-refractivity contribution in [3.05, 3.63) is 53.1 Å². The maximum Gasteiger partial charge on any atom is 0.160 e. The van der Waals surface area contributed by atoms with Gasteiger partial charge >= 0.3 is 0 Å².